The van der Waals surface area contributed by atoms with E-state index in [0.717, 1.165) is 10.9 Å². The summed E-state index contributed by atoms with van der Waals surface area (Å²) < 4.78 is 1.99. The summed E-state index contributed by atoms with van der Waals surface area (Å²) in [4.78, 5) is 0. The van der Waals surface area contributed by atoms with Gasteiger partial charge in [0.05, 0.1) is 23.8 Å². The Labute approximate surface area is 107 Å². The van der Waals surface area contributed by atoms with E-state index in [-0.39, 0.29) is 6.04 Å². The van der Waals surface area contributed by atoms with Gasteiger partial charge in [-0.2, -0.15) is 10.4 Å². The van der Waals surface area contributed by atoms with Gasteiger partial charge in [0.1, 0.15) is 5.54 Å². The van der Waals surface area contributed by atoms with Crippen molar-refractivity contribution in [1.82, 2.24) is 15.1 Å². The second-order valence-corrected chi connectivity index (χ2v) is 4.90. The van der Waals surface area contributed by atoms with E-state index >= 15 is 0 Å². The Morgan fingerprint density at radius 2 is 2.22 bits per heavy atom. The largest absolute Gasteiger partial charge is 0.303 e. The standard InChI is InChI=1S/C14H18N4/c1-11(8-14(2,10-15)16-3)18-13-7-5-4-6-12(13)9-17-18/h4-7,9,11,16H,8H2,1-3H3. The first-order chi connectivity index (χ1) is 8.59. The molecule has 94 valence electrons. The van der Waals surface area contributed by atoms with Gasteiger partial charge in [-0.25, -0.2) is 0 Å². The summed E-state index contributed by atoms with van der Waals surface area (Å²) in [5.41, 5.74) is 0.591. The molecule has 1 N–H and O–H groups in total. The van der Waals surface area contributed by atoms with Crippen LogP contribution in [0.3, 0.4) is 0 Å². The molecule has 1 aromatic carbocycles. The summed E-state index contributed by atoms with van der Waals surface area (Å²) in [7, 11) is 1.82. The van der Waals surface area contributed by atoms with Crippen LogP contribution in [0.1, 0.15) is 26.3 Å². The molecule has 1 aromatic heterocycles. The van der Waals surface area contributed by atoms with E-state index < -0.39 is 5.54 Å². The predicted molar refractivity (Wildman–Crippen MR) is 72.1 cm³/mol. The molecular weight excluding hydrogens is 224 g/mol. The molecule has 2 aromatic rings. The van der Waals surface area contributed by atoms with Crippen LogP contribution in [0.25, 0.3) is 10.9 Å². The minimum absolute atomic E-state index is 0.169. The molecule has 4 nitrogen and oxygen atoms in total. The Hall–Kier alpha value is -1.86. The summed E-state index contributed by atoms with van der Waals surface area (Å²) in [5.74, 6) is 0. The quantitative estimate of drug-likeness (QED) is 0.896. The Bertz CT molecular complexity index is 581. The first-order valence-electron chi connectivity index (χ1n) is 6.12. The second-order valence-electron chi connectivity index (χ2n) is 4.90. The molecule has 18 heavy (non-hydrogen) atoms. The SMILES string of the molecule is CNC(C)(C#N)CC(C)n1ncc2ccccc21. The van der Waals surface area contributed by atoms with Crippen LogP contribution in [0.4, 0.5) is 0 Å². The van der Waals surface area contributed by atoms with Crippen molar-refractivity contribution in [2.75, 3.05) is 7.05 Å². The average molecular weight is 242 g/mol. The molecule has 1 heterocycles. The van der Waals surface area contributed by atoms with Gasteiger partial charge in [-0.15, -0.1) is 0 Å². The van der Waals surface area contributed by atoms with Gasteiger partial charge < -0.3 is 5.32 Å². The number of aromatic nitrogens is 2. The normalized spacial score (nSPS) is 16.1. The lowest BCUT2D eigenvalue weighted by atomic mass is 9.95. The molecule has 0 aliphatic heterocycles. The Morgan fingerprint density at radius 1 is 1.50 bits per heavy atom. The number of rotatable bonds is 4. The highest BCUT2D eigenvalue weighted by atomic mass is 15.3. The Kier molecular flexibility index (Phi) is 3.35. The fraction of sp³-hybridized carbons (Fsp3) is 0.429. The molecule has 0 spiro atoms. The fourth-order valence-corrected chi connectivity index (χ4v) is 2.22. The molecule has 0 radical (unpaired) electrons. The molecule has 0 amide bonds. The zero-order valence-corrected chi connectivity index (χ0v) is 11.0. The minimum atomic E-state index is -0.521. The fourth-order valence-electron chi connectivity index (χ4n) is 2.22. The monoisotopic (exact) mass is 242 g/mol. The number of fused-ring (bicyclic) bond motifs is 1. The van der Waals surface area contributed by atoms with Crippen molar-refractivity contribution >= 4 is 10.9 Å². The van der Waals surface area contributed by atoms with Gasteiger partial charge in [0.25, 0.3) is 0 Å². The maximum atomic E-state index is 9.20. The number of hydrogen-bond donors (Lipinski definition) is 1. The minimum Gasteiger partial charge on any atom is -0.303 e. The highest BCUT2D eigenvalue weighted by Gasteiger charge is 2.25. The molecule has 0 fully saturated rings. The van der Waals surface area contributed by atoms with Crippen LogP contribution in [0.15, 0.2) is 30.5 Å². The highest BCUT2D eigenvalue weighted by molar-refractivity contribution is 5.78. The van der Waals surface area contributed by atoms with Gasteiger partial charge in [-0.05, 0) is 27.0 Å². The molecule has 0 saturated carbocycles. The van der Waals surface area contributed by atoms with Gasteiger partial charge in [0.15, 0.2) is 0 Å². The number of nitriles is 1. The first kappa shape index (κ1) is 12.6. The van der Waals surface area contributed by atoms with Crippen LogP contribution in [0.2, 0.25) is 0 Å². The van der Waals surface area contributed by atoms with E-state index in [1.165, 1.54) is 0 Å². The third kappa shape index (κ3) is 2.22. The molecule has 0 saturated heterocycles. The summed E-state index contributed by atoms with van der Waals surface area (Å²) in [5, 5.41) is 17.8. The highest BCUT2D eigenvalue weighted by Crippen LogP contribution is 2.23. The van der Waals surface area contributed by atoms with Crippen LogP contribution in [0, 0.1) is 11.3 Å². The molecule has 2 rings (SSSR count). The zero-order valence-electron chi connectivity index (χ0n) is 11.0. The Balaban J connectivity index is 2.29. The number of para-hydroxylation sites is 1. The maximum Gasteiger partial charge on any atom is 0.105 e. The number of nitrogens with one attached hydrogen (secondary N) is 1. The Morgan fingerprint density at radius 3 is 2.89 bits per heavy atom. The number of benzene rings is 1. The molecule has 0 aliphatic rings. The van der Waals surface area contributed by atoms with Gasteiger partial charge in [-0.3, -0.25) is 4.68 Å². The van der Waals surface area contributed by atoms with Gasteiger partial charge in [-0.1, -0.05) is 18.2 Å². The lowest BCUT2D eigenvalue weighted by Gasteiger charge is -2.25. The van der Waals surface area contributed by atoms with Gasteiger partial charge >= 0.3 is 0 Å². The topological polar surface area (TPSA) is 53.6 Å². The van der Waals surface area contributed by atoms with Crippen molar-refractivity contribution in [2.45, 2.75) is 31.8 Å². The number of nitrogens with zero attached hydrogens (tertiary/aromatic N) is 3. The van der Waals surface area contributed by atoms with Crippen LogP contribution >= 0.6 is 0 Å². The van der Waals surface area contributed by atoms with Crippen molar-refractivity contribution in [1.29, 1.82) is 5.26 Å². The summed E-state index contributed by atoms with van der Waals surface area (Å²) in [6.07, 6.45) is 2.58. The number of hydrogen-bond acceptors (Lipinski definition) is 3. The van der Waals surface area contributed by atoms with E-state index in [1.54, 1.807) is 0 Å². The smallest absolute Gasteiger partial charge is 0.105 e. The van der Waals surface area contributed by atoms with E-state index in [0.29, 0.717) is 6.42 Å². The lowest BCUT2D eigenvalue weighted by molar-refractivity contribution is 0.355. The summed E-state index contributed by atoms with van der Waals surface area (Å²) in [6.45, 7) is 4.00. The van der Waals surface area contributed by atoms with Crippen LogP contribution in [-0.2, 0) is 0 Å². The molecular formula is C14H18N4. The van der Waals surface area contributed by atoms with Crippen LogP contribution in [-0.4, -0.2) is 22.4 Å². The predicted octanol–water partition coefficient (Wildman–Crippen LogP) is 2.49. The molecule has 2 unspecified atom stereocenters. The first-order valence-corrected chi connectivity index (χ1v) is 6.12. The molecule has 2 atom stereocenters. The van der Waals surface area contributed by atoms with E-state index in [2.05, 4.69) is 29.5 Å². The van der Waals surface area contributed by atoms with Crippen molar-refractivity contribution in [3.63, 3.8) is 0 Å². The van der Waals surface area contributed by atoms with Crippen LogP contribution in [0.5, 0.6) is 0 Å². The van der Waals surface area contributed by atoms with E-state index in [4.69, 9.17) is 0 Å². The average Bonchev–Trinajstić information content (AvgIpc) is 2.82. The maximum absolute atomic E-state index is 9.20. The molecule has 4 heteroatoms. The summed E-state index contributed by atoms with van der Waals surface area (Å²) in [6, 6.07) is 10.6. The van der Waals surface area contributed by atoms with Crippen molar-refractivity contribution in [2.24, 2.45) is 0 Å². The van der Waals surface area contributed by atoms with E-state index in [9.17, 15) is 5.26 Å². The zero-order chi connectivity index (χ0) is 13.2. The molecule has 0 bridgehead atoms. The van der Waals surface area contributed by atoms with Gasteiger partial charge in [0.2, 0.25) is 0 Å². The van der Waals surface area contributed by atoms with E-state index in [1.807, 2.05) is 43.0 Å². The molecule has 0 aliphatic carbocycles. The van der Waals surface area contributed by atoms with Crippen molar-refractivity contribution < 1.29 is 0 Å². The third-order valence-corrected chi connectivity index (χ3v) is 3.42. The van der Waals surface area contributed by atoms with Gasteiger partial charge in [0, 0.05) is 11.8 Å². The summed E-state index contributed by atoms with van der Waals surface area (Å²) >= 11 is 0. The third-order valence-electron chi connectivity index (χ3n) is 3.42. The second kappa shape index (κ2) is 4.79. The van der Waals surface area contributed by atoms with Crippen LogP contribution < -0.4 is 5.32 Å². The van der Waals surface area contributed by atoms with Crippen molar-refractivity contribution in [3.8, 4) is 6.07 Å². The van der Waals surface area contributed by atoms with Crippen molar-refractivity contribution in [3.05, 3.63) is 30.5 Å². The lowest BCUT2D eigenvalue weighted by Crippen LogP contribution is -2.40.